The summed E-state index contributed by atoms with van der Waals surface area (Å²) in [4.78, 5) is 11.2. The van der Waals surface area contributed by atoms with Gasteiger partial charge in [0.2, 0.25) is 0 Å². The zero-order valence-corrected chi connectivity index (χ0v) is 13.6. The number of benzene rings is 1. The van der Waals surface area contributed by atoms with E-state index in [0.29, 0.717) is 30.9 Å². The number of rotatable bonds is 6. The molecule has 1 aliphatic carbocycles. The lowest BCUT2D eigenvalue weighted by Gasteiger charge is -2.27. The van der Waals surface area contributed by atoms with E-state index in [9.17, 15) is 13.6 Å². The van der Waals surface area contributed by atoms with Crippen molar-refractivity contribution in [2.24, 2.45) is 5.92 Å². The predicted octanol–water partition coefficient (Wildman–Crippen LogP) is 5.14. The summed E-state index contributed by atoms with van der Waals surface area (Å²) in [5.41, 5.74) is 0.509. The number of carbonyl (C=O) groups excluding carboxylic acids is 1. The summed E-state index contributed by atoms with van der Waals surface area (Å²) < 4.78 is 32.0. The van der Waals surface area contributed by atoms with Gasteiger partial charge in [-0.25, -0.2) is 8.78 Å². The Morgan fingerprint density at radius 2 is 2.00 bits per heavy atom. The molecule has 0 heterocycles. The lowest BCUT2D eigenvalue weighted by molar-refractivity contribution is -0.143. The second-order valence-corrected chi connectivity index (χ2v) is 6.03. The lowest BCUT2D eigenvalue weighted by atomic mass is 9.78. The summed E-state index contributed by atoms with van der Waals surface area (Å²) in [5.74, 6) is -1.05. The van der Waals surface area contributed by atoms with Gasteiger partial charge in [0.1, 0.15) is 0 Å². The maximum Gasteiger partial charge on any atom is 0.306 e. The maximum atomic E-state index is 13.8. The van der Waals surface area contributed by atoms with Gasteiger partial charge in [-0.05, 0) is 62.5 Å². The summed E-state index contributed by atoms with van der Waals surface area (Å²) >= 11 is 0. The molecule has 4 heteroatoms. The molecule has 0 N–H and O–H groups in total. The van der Waals surface area contributed by atoms with Gasteiger partial charge in [0.05, 0.1) is 6.61 Å². The van der Waals surface area contributed by atoms with Crippen LogP contribution in [0.1, 0.15) is 56.9 Å². The summed E-state index contributed by atoms with van der Waals surface area (Å²) in [6.07, 6.45) is 8.96. The number of hydrogen-bond donors (Lipinski definition) is 0. The van der Waals surface area contributed by atoms with E-state index < -0.39 is 11.6 Å². The smallest absolute Gasteiger partial charge is 0.306 e. The van der Waals surface area contributed by atoms with Crippen molar-refractivity contribution in [2.45, 2.75) is 51.4 Å². The van der Waals surface area contributed by atoms with E-state index in [4.69, 9.17) is 4.74 Å². The topological polar surface area (TPSA) is 26.3 Å². The first-order valence-electron chi connectivity index (χ1n) is 8.38. The molecule has 0 amide bonds. The molecule has 0 saturated heterocycles. The van der Waals surface area contributed by atoms with Crippen LogP contribution in [0.2, 0.25) is 0 Å². The molecule has 0 atom stereocenters. The molecule has 1 saturated carbocycles. The highest BCUT2D eigenvalue weighted by molar-refractivity contribution is 5.69. The van der Waals surface area contributed by atoms with Gasteiger partial charge in [0.15, 0.2) is 11.6 Å². The SMILES string of the molecule is CCOC(=O)CCC=CC1CCC(c2cccc(F)c2F)CC1. The highest BCUT2D eigenvalue weighted by Crippen LogP contribution is 2.37. The van der Waals surface area contributed by atoms with Crippen molar-refractivity contribution in [2.75, 3.05) is 6.61 Å². The molecule has 0 spiro atoms. The zero-order chi connectivity index (χ0) is 16.7. The molecule has 2 rings (SSSR count). The van der Waals surface area contributed by atoms with Crippen molar-refractivity contribution in [3.05, 3.63) is 47.5 Å². The van der Waals surface area contributed by atoms with E-state index >= 15 is 0 Å². The largest absolute Gasteiger partial charge is 0.466 e. The minimum Gasteiger partial charge on any atom is -0.466 e. The number of hydrogen-bond acceptors (Lipinski definition) is 2. The average Bonchev–Trinajstić information content (AvgIpc) is 2.55. The first-order valence-corrected chi connectivity index (χ1v) is 8.38. The Balaban J connectivity index is 1.78. The van der Waals surface area contributed by atoms with Crippen LogP contribution < -0.4 is 0 Å². The minimum atomic E-state index is -0.761. The number of ether oxygens (including phenoxy) is 1. The molecule has 1 aromatic rings. The van der Waals surface area contributed by atoms with E-state index in [1.807, 2.05) is 6.08 Å². The average molecular weight is 322 g/mol. The Hall–Kier alpha value is -1.71. The number of halogens is 2. The van der Waals surface area contributed by atoms with Crippen molar-refractivity contribution in [3.8, 4) is 0 Å². The molecule has 1 aliphatic rings. The normalized spacial score (nSPS) is 21.5. The molecule has 0 aromatic heterocycles. The fraction of sp³-hybridized carbons (Fsp3) is 0.526. The van der Waals surface area contributed by atoms with Gasteiger partial charge in [-0.15, -0.1) is 0 Å². The van der Waals surface area contributed by atoms with Gasteiger partial charge in [0, 0.05) is 6.42 Å². The fourth-order valence-corrected chi connectivity index (χ4v) is 3.18. The summed E-state index contributed by atoms with van der Waals surface area (Å²) in [5, 5.41) is 0. The first kappa shape index (κ1) is 17.6. The molecule has 2 nitrogen and oxygen atoms in total. The molecule has 0 aliphatic heterocycles. The molecule has 1 aromatic carbocycles. The quantitative estimate of drug-likeness (QED) is 0.535. The monoisotopic (exact) mass is 322 g/mol. The third kappa shape index (κ3) is 5.15. The molecule has 23 heavy (non-hydrogen) atoms. The van der Waals surface area contributed by atoms with Gasteiger partial charge in [-0.2, -0.15) is 0 Å². The second-order valence-electron chi connectivity index (χ2n) is 6.03. The molecular formula is C19H24F2O2. The third-order valence-electron chi connectivity index (χ3n) is 4.42. The first-order chi connectivity index (χ1) is 11.1. The standard InChI is InChI=1S/C19H24F2O2/c1-2-23-18(22)9-4-3-6-14-10-12-15(13-11-14)16-7-5-8-17(20)19(16)21/h3,5-8,14-15H,2,4,9-13H2,1H3. The van der Waals surface area contributed by atoms with Crippen LogP contribution in [0.3, 0.4) is 0 Å². The lowest BCUT2D eigenvalue weighted by Crippen LogP contribution is -2.13. The molecule has 0 bridgehead atoms. The molecule has 0 radical (unpaired) electrons. The molecular weight excluding hydrogens is 298 g/mol. The van der Waals surface area contributed by atoms with Crippen molar-refractivity contribution >= 4 is 5.97 Å². The summed E-state index contributed by atoms with van der Waals surface area (Å²) in [7, 11) is 0. The Morgan fingerprint density at radius 1 is 1.26 bits per heavy atom. The van der Waals surface area contributed by atoms with Crippen LogP contribution in [0.15, 0.2) is 30.4 Å². The van der Waals surface area contributed by atoms with Crippen LogP contribution in [0.25, 0.3) is 0 Å². The summed E-state index contributed by atoms with van der Waals surface area (Å²) in [6.45, 7) is 2.22. The number of esters is 1. The van der Waals surface area contributed by atoms with Gasteiger partial charge in [0.25, 0.3) is 0 Å². The zero-order valence-electron chi connectivity index (χ0n) is 13.6. The predicted molar refractivity (Wildman–Crippen MR) is 86.1 cm³/mol. The van der Waals surface area contributed by atoms with Crippen LogP contribution in [-0.2, 0) is 9.53 Å². The second kappa shape index (κ2) is 8.80. The molecule has 0 unspecified atom stereocenters. The Labute approximate surface area is 136 Å². The maximum absolute atomic E-state index is 13.8. The van der Waals surface area contributed by atoms with Gasteiger partial charge >= 0.3 is 5.97 Å². The Kier molecular flexibility index (Phi) is 6.75. The van der Waals surface area contributed by atoms with Crippen LogP contribution in [0.5, 0.6) is 0 Å². The Morgan fingerprint density at radius 3 is 2.70 bits per heavy atom. The minimum absolute atomic E-state index is 0.106. The Bertz CT molecular complexity index is 546. The van der Waals surface area contributed by atoms with Crippen LogP contribution in [0.4, 0.5) is 8.78 Å². The van der Waals surface area contributed by atoms with E-state index in [2.05, 4.69) is 6.08 Å². The van der Waals surface area contributed by atoms with Gasteiger partial charge in [-0.3, -0.25) is 4.79 Å². The van der Waals surface area contributed by atoms with E-state index in [1.165, 1.54) is 0 Å². The van der Waals surface area contributed by atoms with Crippen molar-refractivity contribution in [1.29, 1.82) is 0 Å². The van der Waals surface area contributed by atoms with Crippen LogP contribution >= 0.6 is 0 Å². The molecule has 126 valence electrons. The number of allylic oxidation sites excluding steroid dienone is 2. The van der Waals surface area contributed by atoms with Crippen molar-refractivity contribution in [1.82, 2.24) is 0 Å². The van der Waals surface area contributed by atoms with E-state index in [1.54, 1.807) is 19.1 Å². The number of carbonyl (C=O) groups is 1. The highest BCUT2D eigenvalue weighted by Gasteiger charge is 2.24. The highest BCUT2D eigenvalue weighted by atomic mass is 19.2. The molecule has 1 fully saturated rings. The van der Waals surface area contributed by atoms with Crippen molar-refractivity contribution < 1.29 is 18.3 Å². The van der Waals surface area contributed by atoms with Crippen LogP contribution in [-0.4, -0.2) is 12.6 Å². The fourth-order valence-electron chi connectivity index (χ4n) is 3.18. The van der Waals surface area contributed by atoms with E-state index in [-0.39, 0.29) is 11.9 Å². The van der Waals surface area contributed by atoms with Crippen molar-refractivity contribution in [3.63, 3.8) is 0 Å². The van der Waals surface area contributed by atoms with Gasteiger partial charge in [-0.1, -0.05) is 24.3 Å². The van der Waals surface area contributed by atoms with E-state index in [0.717, 1.165) is 31.7 Å². The van der Waals surface area contributed by atoms with Gasteiger partial charge < -0.3 is 4.74 Å². The summed E-state index contributed by atoms with van der Waals surface area (Å²) in [6, 6.07) is 4.43. The van der Waals surface area contributed by atoms with Crippen LogP contribution in [0, 0.1) is 17.6 Å². The third-order valence-corrected chi connectivity index (χ3v) is 4.42.